The Morgan fingerprint density at radius 1 is 1.23 bits per heavy atom. The predicted molar refractivity (Wildman–Crippen MR) is 101 cm³/mol. The van der Waals surface area contributed by atoms with Gasteiger partial charge in [0.2, 0.25) is 12.3 Å². The maximum Gasteiger partial charge on any atom is 0.416 e. The number of carbonyl (C=O) groups is 3. The smallest absolute Gasteiger partial charge is 0.416 e. The number of halogens is 3. The van der Waals surface area contributed by atoms with E-state index in [0.717, 1.165) is 5.39 Å². The van der Waals surface area contributed by atoms with Crippen LogP contribution in [0.15, 0.2) is 34.7 Å². The van der Waals surface area contributed by atoms with Gasteiger partial charge in [-0.05, 0) is 18.9 Å². The highest BCUT2D eigenvalue weighted by Gasteiger charge is 2.27. The first kappa shape index (κ1) is 24.0. The van der Waals surface area contributed by atoms with Crippen LogP contribution in [0.25, 0.3) is 11.0 Å². The third kappa shape index (κ3) is 8.54. The Hall–Kier alpha value is -3.28. The fourth-order valence-electron chi connectivity index (χ4n) is 2.77. The molecule has 0 radical (unpaired) electrons. The molecule has 3 N–H and O–H groups in total. The molecular weight excluding hydrogens is 423 g/mol. The largest absolute Gasteiger partial charge is 0.425 e. The van der Waals surface area contributed by atoms with Crippen molar-refractivity contribution >= 4 is 29.4 Å². The highest BCUT2D eigenvalue weighted by atomic mass is 19.4. The maximum absolute atomic E-state index is 12.2. The molecular formula is C19H22F3N3O6. The Morgan fingerprint density at radius 3 is 2.65 bits per heavy atom. The van der Waals surface area contributed by atoms with Gasteiger partial charge in [-0.25, -0.2) is 9.86 Å². The lowest BCUT2D eigenvalue weighted by molar-refractivity contribution is -0.154. The van der Waals surface area contributed by atoms with Gasteiger partial charge in [-0.2, -0.15) is 13.2 Å². The molecule has 170 valence electrons. The number of rotatable bonds is 11. The topological polar surface area (TPSA) is 121 Å². The average Bonchev–Trinajstić information content (AvgIpc) is 3.11. The van der Waals surface area contributed by atoms with Crippen molar-refractivity contribution in [1.29, 1.82) is 0 Å². The summed E-state index contributed by atoms with van der Waals surface area (Å²) >= 11 is 0. The summed E-state index contributed by atoms with van der Waals surface area (Å²) in [6.07, 6.45) is -6.23. The molecule has 1 aromatic heterocycles. The number of benzene rings is 1. The van der Waals surface area contributed by atoms with E-state index in [4.69, 9.17) is 9.15 Å². The second kappa shape index (κ2) is 11.2. The van der Waals surface area contributed by atoms with Gasteiger partial charge in [-0.15, -0.1) is 0 Å². The van der Waals surface area contributed by atoms with Crippen molar-refractivity contribution in [1.82, 2.24) is 15.7 Å². The Labute approximate surface area is 175 Å². The zero-order valence-electron chi connectivity index (χ0n) is 16.4. The summed E-state index contributed by atoms with van der Waals surface area (Å²) in [6.45, 7) is -0.742. The average molecular weight is 445 g/mol. The van der Waals surface area contributed by atoms with Gasteiger partial charge in [-0.3, -0.25) is 14.8 Å². The molecule has 12 heteroatoms. The molecule has 1 aromatic carbocycles. The number of hydroxylamine groups is 2. The minimum Gasteiger partial charge on any atom is -0.425 e. The van der Waals surface area contributed by atoms with E-state index in [1.165, 1.54) is 6.07 Å². The molecule has 1 heterocycles. The lowest BCUT2D eigenvalue weighted by Crippen LogP contribution is -2.43. The zero-order valence-corrected chi connectivity index (χ0v) is 16.4. The second-order valence-corrected chi connectivity index (χ2v) is 6.67. The van der Waals surface area contributed by atoms with Crippen LogP contribution in [-0.2, 0) is 9.59 Å². The molecule has 0 aliphatic rings. The van der Waals surface area contributed by atoms with Gasteiger partial charge in [0.1, 0.15) is 5.58 Å². The van der Waals surface area contributed by atoms with Gasteiger partial charge < -0.3 is 19.8 Å². The number of unbranched alkanes of at least 4 members (excludes halogenated alkanes) is 1. The third-order valence-corrected chi connectivity index (χ3v) is 4.25. The molecule has 0 aliphatic carbocycles. The summed E-state index contributed by atoms with van der Waals surface area (Å²) in [7, 11) is 0. The molecule has 0 fully saturated rings. The molecule has 0 bridgehead atoms. The number of furan rings is 1. The first-order valence-electron chi connectivity index (χ1n) is 9.37. The molecule has 2 aromatic rings. The molecule has 2 rings (SSSR count). The monoisotopic (exact) mass is 445 g/mol. The van der Waals surface area contributed by atoms with Gasteiger partial charge in [0, 0.05) is 17.9 Å². The number of nitrogens with one attached hydrogen (secondary N) is 2. The second-order valence-electron chi connectivity index (χ2n) is 6.67. The van der Waals surface area contributed by atoms with E-state index in [1.807, 2.05) is 0 Å². The van der Waals surface area contributed by atoms with Crippen molar-refractivity contribution in [3.8, 4) is 5.95 Å². The van der Waals surface area contributed by atoms with E-state index in [2.05, 4.69) is 10.6 Å². The van der Waals surface area contributed by atoms with Crippen LogP contribution in [-0.4, -0.2) is 48.1 Å². The van der Waals surface area contributed by atoms with E-state index >= 15 is 0 Å². The number of para-hydroxylation sites is 1. The number of nitrogens with zero attached hydrogens (tertiary/aromatic N) is 1. The highest BCUT2D eigenvalue weighted by Crippen LogP contribution is 2.25. The number of amides is 3. The summed E-state index contributed by atoms with van der Waals surface area (Å²) in [5, 5.41) is 14.9. The molecule has 0 unspecified atom stereocenters. The van der Waals surface area contributed by atoms with Crippen LogP contribution in [0, 0.1) is 5.92 Å². The van der Waals surface area contributed by atoms with Crippen LogP contribution in [0.5, 0.6) is 5.95 Å². The van der Waals surface area contributed by atoms with Gasteiger partial charge in [-0.1, -0.05) is 24.6 Å². The molecule has 9 nitrogen and oxygen atoms in total. The number of fused-ring (bicyclic) bond motifs is 1. The van der Waals surface area contributed by atoms with E-state index in [-0.39, 0.29) is 43.4 Å². The lowest BCUT2D eigenvalue weighted by Gasteiger charge is -2.19. The van der Waals surface area contributed by atoms with E-state index in [0.29, 0.717) is 5.58 Å². The Bertz CT molecular complexity index is 853. The van der Waals surface area contributed by atoms with Crippen molar-refractivity contribution in [2.45, 2.75) is 31.9 Å². The fraction of sp³-hybridized carbons (Fsp3) is 0.421. The Kier molecular flexibility index (Phi) is 8.67. The van der Waals surface area contributed by atoms with Gasteiger partial charge in [0.25, 0.3) is 5.95 Å². The molecule has 3 amide bonds. The van der Waals surface area contributed by atoms with Crippen LogP contribution in [0.2, 0.25) is 0 Å². The van der Waals surface area contributed by atoms with E-state index in [9.17, 15) is 32.8 Å². The van der Waals surface area contributed by atoms with Crippen LogP contribution >= 0.6 is 0 Å². The molecule has 0 saturated heterocycles. The van der Waals surface area contributed by atoms with Crippen molar-refractivity contribution in [2.24, 2.45) is 5.92 Å². The molecule has 1 atom stereocenters. The van der Waals surface area contributed by atoms with Gasteiger partial charge >= 0.3 is 12.3 Å². The zero-order chi connectivity index (χ0) is 22.9. The van der Waals surface area contributed by atoms with Crippen molar-refractivity contribution in [3.05, 3.63) is 30.3 Å². The normalized spacial score (nSPS) is 12.3. The Balaban J connectivity index is 1.78. The Morgan fingerprint density at radius 2 is 1.97 bits per heavy atom. The molecule has 0 aliphatic heterocycles. The van der Waals surface area contributed by atoms with Crippen LogP contribution in [0.4, 0.5) is 18.0 Å². The van der Waals surface area contributed by atoms with Gasteiger partial charge in [0.15, 0.2) is 0 Å². The highest BCUT2D eigenvalue weighted by molar-refractivity contribution is 5.81. The van der Waals surface area contributed by atoms with Crippen LogP contribution < -0.4 is 15.4 Å². The number of ether oxygens (including phenoxy) is 1. The van der Waals surface area contributed by atoms with E-state index < -0.39 is 37.1 Å². The summed E-state index contributed by atoms with van der Waals surface area (Å²) in [5.41, 5.74) is 0.524. The van der Waals surface area contributed by atoms with Gasteiger partial charge in [0.05, 0.1) is 19.1 Å². The summed E-state index contributed by atoms with van der Waals surface area (Å²) < 4.78 is 47.0. The third-order valence-electron chi connectivity index (χ3n) is 4.25. The quantitative estimate of drug-likeness (QED) is 0.161. The lowest BCUT2D eigenvalue weighted by atomic mass is 10.00. The minimum absolute atomic E-state index is 0.0102. The first-order valence-corrected chi connectivity index (χ1v) is 9.37. The first-order chi connectivity index (χ1) is 14.7. The number of alkyl halides is 3. The van der Waals surface area contributed by atoms with Crippen molar-refractivity contribution in [2.75, 3.05) is 13.2 Å². The maximum atomic E-state index is 12.2. The summed E-state index contributed by atoms with van der Waals surface area (Å²) in [4.78, 5) is 34.6. The number of hydrogen-bond acceptors (Lipinski definition) is 6. The molecule has 0 saturated carbocycles. The minimum atomic E-state index is -4.30. The molecule has 0 spiro atoms. The summed E-state index contributed by atoms with van der Waals surface area (Å²) in [6, 6.07) is 8.51. The van der Waals surface area contributed by atoms with E-state index in [1.54, 1.807) is 24.3 Å². The number of carbonyl (C=O) groups excluding carboxylic acids is 3. The fourth-order valence-corrected chi connectivity index (χ4v) is 2.77. The number of hydrogen-bond donors (Lipinski definition) is 3. The predicted octanol–water partition coefficient (Wildman–Crippen LogP) is 3.18. The standard InChI is InChI=1S/C19H22F3N3O6/c20-19(21,22)8-4-3-6-14(10-25(29)12-26)17(27)23-11-24-18(28)31-16-9-13-5-1-2-7-15(13)30-16/h1-2,5,7,9,12,14,29H,3-4,6,8,10-11H2,(H,23,27)(H,24,28)/t14-/m1/s1. The SMILES string of the molecule is O=CN(O)C[C@@H](CCCCC(F)(F)F)C(=O)NCNC(=O)Oc1cc2ccccc2o1. The summed E-state index contributed by atoms with van der Waals surface area (Å²) in [5.74, 6) is -1.66. The van der Waals surface area contributed by atoms with Crippen LogP contribution in [0.1, 0.15) is 25.7 Å². The molecule has 31 heavy (non-hydrogen) atoms. The van der Waals surface area contributed by atoms with Crippen molar-refractivity contribution < 1.29 is 41.9 Å². The van der Waals surface area contributed by atoms with Crippen LogP contribution in [0.3, 0.4) is 0 Å². The van der Waals surface area contributed by atoms with Crippen molar-refractivity contribution in [3.63, 3.8) is 0 Å².